The minimum absolute atomic E-state index is 0.0133. The highest BCUT2D eigenvalue weighted by molar-refractivity contribution is 5.90. The predicted octanol–water partition coefficient (Wildman–Crippen LogP) is 2.73. The molecular formula is C13H17FN2O2. The molecule has 4 nitrogen and oxygen atoms in total. The van der Waals surface area contributed by atoms with Gasteiger partial charge in [-0.1, -0.05) is 18.7 Å². The standard InChI is InChI=1S/C13H17FN2O2/c1-10(2)9-18-12-6-4-3-5-11(12)16-13(17)15-8-7-14/h3-6H,1,7-9H2,2H3,(H2,15,16,17). The van der Waals surface area contributed by atoms with E-state index < -0.39 is 12.7 Å². The van der Waals surface area contributed by atoms with Crippen LogP contribution in [0.15, 0.2) is 36.4 Å². The normalized spacial score (nSPS) is 9.67. The molecule has 5 heteroatoms. The Morgan fingerprint density at radius 1 is 1.44 bits per heavy atom. The number of carbonyl (C=O) groups is 1. The number of alkyl halides is 1. The lowest BCUT2D eigenvalue weighted by Gasteiger charge is -2.12. The van der Waals surface area contributed by atoms with Crippen molar-refractivity contribution in [2.75, 3.05) is 25.1 Å². The first kappa shape index (κ1) is 14.0. The summed E-state index contributed by atoms with van der Waals surface area (Å²) in [6.45, 7) is 5.36. The van der Waals surface area contributed by atoms with Crippen molar-refractivity contribution < 1.29 is 13.9 Å². The highest BCUT2D eigenvalue weighted by atomic mass is 19.1. The topological polar surface area (TPSA) is 50.4 Å². The fourth-order valence-corrected chi connectivity index (χ4v) is 1.22. The minimum Gasteiger partial charge on any atom is -0.487 e. The number of para-hydroxylation sites is 2. The van der Waals surface area contributed by atoms with Crippen LogP contribution in [0, 0.1) is 0 Å². The van der Waals surface area contributed by atoms with Gasteiger partial charge >= 0.3 is 6.03 Å². The van der Waals surface area contributed by atoms with Gasteiger partial charge in [-0.3, -0.25) is 0 Å². The average Bonchev–Trinajstić information content (AvgIpc) is 2.35. The molecule has 1 aromatic carbocycles. The van der Waals surface area contributed by atoms with E-state index in [1.54, 1.807) is 24.3 Å². The third-order valence-corrected chi connectivity index (χ3v) is 1.99. The Bertz CT molecular complexity index is 421. The summed E-state index contributed by atoms with van der Waals surface area (Å²) in [6.07, 6.45) is 0. The van der Waals surface area contributed by atoms with Gasteiger partial charge in [0.15, 0.2) is 0 Å². The number of hydrogen-bond donors (Lipinski definition) is 2. The van der Waals surface area contributed by atoms with Crippen LogP contribution < -0.4 is 15.4 Å². The van der Waals surface area contributed by atoms with Gasteiger partial charge in [-0.25, -0.2) is 9.18 Å². The zero-order chi connectivity index (χ0) is 13.4. The molecule has 2 amide bonds. The van der Waals surface area contributed by atoms with Crippen LogP contribution in [0.3, 0.4) is 0 Å². The molecule has 0 aromatic heterocycles. The summed E-state index contributed by atoms with van der Waals surface area (Å²) in [5.74, 6) is 0.552. The van der Waals surface area contributed by atoms with E-state index in [-0.39, 0.29) is 6.54 Å². The minimum atomic E-state index is -0.596. The lowest BCUT2D eigenvalue weighted by molar-refractivity contribution is 0.251. The maximum absolute atomic E-state index is 11.9. The number of halogens is 1. The van der Waals surface area contributed by atoms with Crippen LogP contribution in [0.5, 0.6) is 5.75 Å². The van der Waals surface area contributed by atoms with Gasteiger partial charge in [0.25, 0.3) is 0 Å². The molecule has 2 N–H and O–H groups in total. The van der Waals surface area contributed by atoms with E-state index in [4.69, 9.17) is 4.74 Å². The highest BCUT2D eigenvalue weighted by Crippen LogP contribution is 2.23. The molecule has 0 unspecified atom stereocenters. The summed E-state index contributed by atoms with van der Waals surface area (Å²) in [6, 6.07) is 6.58. The maximum Gasteiger partial charge on any atom is 0.319 e. The Kier molecular flexibility index (Phi) is 5.70. The van der Waals surface area contributed by atoms with Gasteiger partial charge in [-0.05, 0) is 24.6 Å². The monoisotopic (exact) mass is 252 g/mol. The van der Waals surface area contributed by atoms with Crippen LogP contribution in [0.25, 0.3) is 0 Å². The number of nitrogens with one attached hydrogen (secondary N) is 2. The van der Waals surface area contributed by atoms with E-state index in [0.29, 0.717) is 18.0 Å². The fourth-order valence-electron chi connectivity index (χ4n) is 1.22. The van der Waals surface area contributed by atoms with Crippen molar-refractivity contribution in [2.45, 2.75) is 6.92 Å². The SMILES string of the molecule is C=C(C)COc1ccccc1NC(=O)NCCF. The molecule has 0 saturated carbocycles. The molecule has 0 saturated heterocycles. The molecule has 0 heterocycles. The van der Waals surface area contributed by atoms with Crippen LogP contribution >= 0.6 is 0 Å². The van der Waals surface area contributed by atoms with Crippen LogP contribution in [0.1, 0.15) is 6.92 Å². The molecule has 1 rings (SSSR count). The smallest absolute Gasteiger partial charge is 0.319 e. The van der Waals surface area contributed by atoms with Crippen molar-refractivity contribution in [2.24, 2.45) is 0 Å². The molecule has 0 atom stereocenters. The Balaban J connectivity index is 2.63. The van der Waals surface area contributed by atoms with E-state index in [1.807, 2.05) is 6.92 Å². The van der Waals surface area contributed by atoms with Gasteiger partial charge < -0.3 is 15.4 Å². The Morgan fingerprint density at radius 3 is 2.83 bits per heavy atom. The number of amides is 2. The molecular weight excluding hydrogens is 235 g/mol. The summed E-state index contributed by atoms with van der Waals surface area (Å²) >= 11 is 0. The number of hydrogen-bond acceptors (Lipinski definition) is 2. The third-order valence-electron chi connectivity index (χ3n) is 1.99. The Labute approximate surface area is 106 Å². The van der Waals surface area contributed by atoms with E-state index in [1.165, 1.54) is 0 Å². The second-order valence-corrected chi connectivity index (χ2v) is 3.81. The van der Waals surface area contributed by atoms with Crippen molar-refractivity contribution in [1.82, 2.24) is 5.32 Å². The molecule has 18 heavy (non-hydrogen) atoms. The van der Waals surface area contributed by atoms with Crippen molar-refractivity contribution >= 4 is 11.7 Å². The maximum atomic E-state index is 11.9. The third kappa shape index (κ3) is 4.86. The lowest BCUT2D eigenvalue weighted by atomic mass is 10.3. The van der Waals surface area contributed by atoms with E-state index >= 15 is 0 Å². The Morgan fingerprint density at radius 2 is 2.17 bits per heavy atom. The molecule has 0 aliphatic carbocycles. The summed E-state index contributed by atoms with van der Waals surface area (Å²) in [5.41, 5.74) is 1.42. The molecule has 98 valence electrons. The number of anilines is 1. The second-order valence-electron chi connectivity index (χ2n) is 3.81. The summed E-state index contributed by atoms with van der Waals surface area (Å²) < 4.78 is 17.4. The number of rotatable bonds is 6. The zero-order valence-corrected chi connectivity index (χ0v) is 10.3. The molecule has 0 aliphatic rings. The van der Waals surface area contributed by atoms with Gasteiger partial charge in [0, 0.05) is 6.54 Å². The van der Waals surface area contributed by atoms with Crippen LogP contribution in [-0.2, 0) is 0 Å². The van der Waals surface area contributed by atoms with E-state index in [0.717, 1.165) is 5.57 Å². The molecule has 0 aliphatic heterocycles. The quantitative estimate of drug-likeness (QED) is 0.765. The number of carbonyl (C=O) groups excluding carboxylic acids is 1. The first-order valence-corrected chi connectivity index (χ1v) is 5.60. The van der Waals surface area contributed by atoms with E-state index in [2.05, 4.69) is 17.2 Å². The summed E-state index contributed by atoms with van der Waals surface area (Å²) in [5, 5.41) is 4.97. The Hall–Kier alpha value is -2.04. The molecule has 0 spiro atoms. The van der Waals surface area contributed by atoms with Crippen molar-refractivity contribution in [3.63, 3.8) is 0 Å². The first-order valence-electron chi connectivity index (χ1n) is 5.60. The summed E-state index contributed by atoms with van der Waals surface area (Å²) in [4.78, 5) is 11.4. The average molecular weight is 252 g/mol. The van der Waals surface area contributed by atoms with Crippen LogP contribution in [0.2, 0.25) is 0 Å². The molecule has 0 fully saturated rings. The zero-order valence-electron chi connectivity index (χ0n) is 10.3. The molecule has 1 aromatic rings. The van der Waals surface area contributed by atoms with Gasteiger partial charge in [-0.2, -0.15) is 0 Å². The first-order chi connectivity index (χ1) is 8.63. The summed E-state index contributed by atoms with van der Waals surface area (Å²) in [7, 11) is 0. The van der Waals surface area contributed by atoms with Gasteiger partial charge in [0.1, 0.15) is 19.0 Å². The van der Waals surface area contributed by atoms with Crippen molar-refractivity contribution in [3.8, 4) is 5.75 Å². The number of benzene rings is 1. The number of ether oxygens (including phenoxy) is 1. The fraction of sp³-hybridized carbons (Fsp3) is 0.308. The largest absolute Gasteiger partial charge is 0.487 e. The van der Waals surface area contributed by atoms with Crippen molar-refractivity contribution in [1.29, 1.82) is 0 Å². The van der Waals surface area contributed by atoms with Gasteiger partial charge in [-0.15, -0.1) is 0 Å². The van der Waals surface area contributed by atoms with Crippen LogP contribution in [-0.4, -0.2) is 25.9 Å². The molecule has 0 bridgehead atoms. The molecule has 0 radical (unpaired) electrons. The second kappa shape index (κ2) is 7.32. The van der Waals surface area contributed by atoms with Crippen LogP contribution in [0.4, 0.5) is 14.9 Å². The van der Waals surface area contributed by atoms with Crippen molar-refractivity contribution in [3.05, 3.63) is 36.4 Å². The van der Waals surface area contributed by atoms with Gasteiger partial charge in [0.2, 0.25) is 0 Å². The van der Waals surface area contributed by atoms with Gasteiger partial charge in [0.05, 0.1) is 5.69 Å². The number of urea groups is 1. The predicted molar refractivity (Wildman–Crippen MR) is 69.7 cm³/mol. The lowest BCUT2D eigenvalue weighted by Crippen LogP contribution is -2.30. The van der Waals surface area contributed by atoms with E-state index in [9.17, 15) is 9.18 Å². The highest BCUT2D eigenvalue weighted by Gasteiger charge is 2.06.